The maximum atomic E-state index is 12.7. The van der Waals surface area contributed by atoms with Crippen molar-refractivity contribution in [1.82, 2.24) is 9.62 Å². The first kappa shape index (κ1) is 22.0. The lowest BCUT2D eigenvalue weighted by Gasteiger charge is -2.27. The van der Waals surface area contributed by atoms with Gasteiger partial charge < -0.3 is 14.4 Å². The zero-order valence-corrected chi connectivity index (χ0v) is 18.3. The van der Waals surface area contributed by atoms with E-state index < -0.39 is 10.0 Å². The van der Waals surface area contributed by atoms with Crippen LogP contribution in [0, 0.1) is 0 Å². The van der Waals surface area contributed by atoms with Crippen molar-refractivity contribution in [2.24, 2.45) is 0 Å². The molecule has 0 bridgehead atoms. The third-order valence-corrected chi connectivity index (χ3v) is 6.47. The molecule has 3 aromatic rings. The number of hydrogen-bond donors (Lipinski definition) is 1. The van der Waals surface area contributed by atoms with Crippen molar-refractivity contribution < 1.29 is 22.7 Å². The Bertz CT molecular complexity index is 1160. The molecule has 0 saturated carbocycles. The van der Waals surface area contributed by atoms with E-state index in [1.54, 1.807) is 41.3 Å². The largest absolute Gasteiger partial charge is 0.457 e. The Morgan fingerprint density at radius 1 is 0.906 bits per heavy atom. The maximum absolute atomic E-state index is 12.7. The van der Waals surface area contributed by atoms with Crippen LogP contribution in [-0.2, 0) is 21.3 Å². The normalized spacial score (nSPS) is 14.2. The van der Waals surface area contributed by atoms with Crippen molar-refractivity contribution in [3.63, 3.8) is 0 Å². The highest BCUT2D eigenvalue weighted by atomic mass is 32.2. The molecule has 1 amide bonds. The third-order valence-electron chi connectivity index (χ3n) is 5.05. The number of nitrogens with one attached hydrogen (secondary N) is 1. The highest BCUT2D eigenvalue weighted by Gasteiger charge is 2.19. The van der Waals surface area contributed by atoms with Crippen LogP contribution in [0.3, 0.4) is 0 Å². The molecule has 166 valence electrons. The first-order valence-corrected chi connectivity index (χ1v) is 11.8. The van der Waals surface area contributed by atoms with Gasteiger partial charge in [0.2, 0.25) is 10.0 Å². The fourth-order valence-electron chi connectivity index (χ4n) is 3.34. The molecule has 1 saturated heterocycles. The van der Waals surface area contributed by atoms with Crippen molar-refractivity contribution in [3.8, 4) is 11.5 Å². The van der Waals surface area contributed by atoms with E-state index in [1.165, 1.54) is 12.1 Å². The third kappa shape index (κ3) is 5.53. The second-order valence-electron chi connectivity index (χ2n) is 7.32. The number of ether oxygens (including phenoxy) is 2. The van der Waals surface area contributed by atoms with E-state index in [9.17, 15) is 13.2 Å². The highest BCUT2D eigenvalue weighted by Crippen LogP contribution is 2.22. The van der Waals surface area contributed by atoms with E-state index in [-0.39, 0.29) is 17.3 Å². The van der Waals surface area contributed by atoms with Gasteiger partial charge in [-0.1, -0.05) is 30.3 Å². The summed E-state index contributed by atoms with van der Waals surface area (Å²) in [6.45, 7) is 2.25. The van der Waals surface area contributed by atoms with Gasteiger partial charge in [0.1, 0.15) is 11.5 Å². The van der Waals surface area contributed by atoms with Crippen LogP contribution in [0.1, 0.15) is 15.9 Å². The lowest BCUT2D eigenvalue weighted by molar-refractivity contribution is 0.0303. The summed E-state index contributed by atoms with van der Waals surface area (Å²) in [7, 11) is -3.72. The predicted octanol–water partition coefficient (Wildman–Crippen LogP) is 3.43. The van der Waals surface area contributed by atoms with E-state index >= 15 is 0 Å². The minimum atomic E-state index is -3.72. The highest BCUT2D eigenvalue weighted by molar-refractivity contribution is 7.89. The van der Waals surface area contributed by atoms with E-state index in [0.29, 0.717) is 48.9 Å². The Hall–Kier alpha value is -3.20. The number of morpholine rings is 1. The fraction of sp³-hybridized carbons (Fsp3) is 0.208. The summed E-state index contributed by atoms with van der Waals surface area (Å²) >= 11 is 0. The summed E-state index contributed by atoms with van der Waals surface area (Å²) in [4.78, 5) is 14.5. The second-order valence-corrected chi connectivity index (χ2v) is 9.08. The average molecular weight is 453 g/mol. The Kier molecular flexibility index (Phi) is 6.84. The fourth-order valence-corrected chi connectivity index (χ4v) is 4.35. The van der Waals surface area contributed by atoms with E-state index in [1.807, 2.05) is 30.3 Å². The number of carbonyl (C=O) groups is 1. The van der Waals surface area contributed by atoms with Crippen molar-refractivity contribution in [2.75, 3.05) is 26.3 Å². The molecule has 32 heavy (non-hydrogen) atoms. The molecule has 0 spiro atoms. The van der Waals surface area contributed by atoms with Gasteiger partial charge in [0, 0.05) is 25.2 Å². The summed E-state index contributed by atoms with van der Waals surface area (Å²) in [6.07, 6.45) is 0. The summed E-state index contributed by atoms with van der Waals surface area (Å²) in [5.41, 5.74) is 1.24. The van der Waals surface area contributed by atoms with Gasteiger partial charge in [-0.05, 0) is 54.1 Å². The molecule has 0 aromatic heterocycles. The minimum Gasteiger partial charge on any atom is -0.457 e. The molecule has 1 heterocycles. The van der Waals surface area contributed by atoms with Crippen molar-refractivity contribution in [1.29, 1.82) is 0 Å². The quantitative estimate of drug-likeness (QED) is 0.594. The molecular weight excluding hydrogens is 428 g/mol. The number of carbonyl (C=O) groups excluding carboxylic acids is 1. The van der Waals surface area contributed by atoms with E-state index in [2.05, 4.69) is 4.72 Å². The average Bonchev–Trinajstić information content (AvgIpc) is 2.84. The minimum absolute atomic E-state index is 0.0768. The molecule has 0 unspecified atom stereocenters. The van der Waals surface area contributed by atoms with Crippen LogP contribution in [-0.4, -0.2) is 45.5 Å². The number of sulfonamides is 1. The molecule has 3 aromatic carbocycles. The smallest absolute Gasteiger partial charge is 0.254 e. The standard InChI is InChI=1S/C24H24N2O5S/c27-24(26-13-15-30-16-14-26)20-6-4-5-19(17-20)18-25-32(28,29)23-11-9-22(10-12-23)31-21-7-2-1-3-8-21/h1-12,17,25H,13-16,18H2. The maximum Gasteiger partial charge on any atom is 0.254 e. The molecule has 0 atom stereocenters. The zero-order valence-electron chi connectivity index (χ0n) is 17.4. The Labute approximate surface area is 187 Å². The summed E-state index contributed by atoms with van der Waals surface area (Å²) < 4.78 is 39.0. The number of nitrogens with zero attached hydrogens (tertiary/aromatic N) is 1. The van der Waals surface area contributed by atoms with Gasteiger partial charge in [-0.25, -0.2) is 13.1 Å². The molecule has 1 aliphatic rings. The van der Waals surface area contributed by atoms with Gasteiger partial charge in [0.25, 0.3) is 5.91 Å². The van der Waals surface area contributed by atoms with Gasteiger partial charge in [-0.2, -0.15) is 0 Å². The van der Waals surface area contributed by atoms with Crippen LogP contribution in [0.4, 0.5) is 0 Å². The van der Waals surface area contributed by atoms with Gasteiger partial charge in [-0.3, -0.25) is 4.79 Å². The topological polar surface area (TPSA) is 84.9 Å². The molecule has 1 fully saturated rings. The lowest BCUT2D eigenvalue weighted by atomic mass is 10.1. The molecule has 0 radical (unpaired) electrons. The number of para-hydroxylation sites is 1. The number of rotatable bonds is 7. The van der Waals surface area contributed by atoms with Crippen molar-refractivity contribution in [2.45, 2.75) is 11.4 Å². The molecule has 4 rings (SSSR count). The first-order valence-electron chi connectivity index (χ1n) is 10.3. The molecule has 1 aliphatic heterocycles. The predicted molar refractivity (Wildman–Crippen MR) is 120 cm³/mol. The zero-order chi connectivity index (χ0) is 22.4. The van der Waals surface area contributed by atoms with Gasteiger partial charge >= 0.3 is 0 Å². The van der Waals surface area contributed by atoms with Crippen LogP contribution in [0.15, 0.2) is 83.8 Å². The Morgan fingerprint density at radius 2 is 1.59 bits per heavy atom. The summed E-state index contributed by atoms with van der Waals surface area (Å²) in [5.74, 6) is 1.14. The van der Waals surface area contributed by atoms with Gasteiger partial charge in [0.05, 0.1) is 18.1 Å². The second kappa shape index (κ2) is 9.95. The number of amides is 1. The number of benzene rings is 3. The van der Waals surface area contributed by atoms with E-state index in [4.69, 9.17) is 9.47 Å². The first-order chi connectivity index (χ1) is 15.5. The van der Waals surface area contributed by atoms with Gasteiger partial charge in [-0.15, -0.1) is 0 Å². The molecule has 7 nitrogen and oxygen atoms in total. The van der Waals surface area contributed by atoms with Crippen LogP contribution in [0.2, 0.25) is 0 Å². The molecule has 0 aliphatic carbocycles. The molecular formula is C24H24N2O5S. The van der Waals surface area contributed by atoms with Crippen molar-refractivity contribution in [3.05, 3.63) is 90.0 Å². The SMILES string of the molecule is O=C(c1cccc(CNS(=O)(=O)c2ccc(Oc3ccccc3)cc2)c1)N1CCOCC1. The lowest BCUT2D eigenvalue weighted by Crippen LogP contribution is -2.40. The summed E-state index contributed by atoms with van der Waals surface area (Å²) in [5, 5.41) is 0. The van der Waals surface area contributed by atoms with Crippen LogP contribution in [0.25, 0.3) is 0 Å². The van der Waals surface area contributed by atoms with E-state index in [0.717, 1.165) is 0 Å². The number of hydrogen-bond acceptors (Lipinski definition) is 5. The van der Waals surface area contributed by atoms with Crippen LogP contribution >= 0.6 is 0 Å². The van der Waals surface area contributed by atoms with Gasteiger partial charge in [0.15, 0.2) is 0 Å². The van der Waals surface area contributed by atoms with Crippen molar-refractivity contribution >= 4 is 15.9 Å². The summed E-state index contributed by atoms with van der Waals surface area (Å²) in [6, 6.07) is 22.5. The van der Waals surface area contributed by atoms with Crippen LogP contribution < -0.4 is 9.46 Å². The van der Waals surface area contributed by atoms with Crippen LogP contribution in [0.5, 0.6) is 11.5 Å². The molecule has 1 N–H and O–H groups in total. The Balaban J connectivity index is 1.39. The monoisotopic (exact) mass is 452 g/mol. The molecule has 8 heteroatoms. The Morgan fingerprint density at radius 3 is 2.31 bits per heavy atom.